The molecule has 1 saturated heterocycles. The number of likely N-dealkylation sites (N-methyl/N-ethyl adjacent to an activating group) is 1. The highest BCUT2D eigenvalue weighted by Crippen LogP contribution is 2.29. The minimum Gasteiger partial charge on any atom is -0.364 e. The third-order valence-electron chi connectivity index (χ3n) is 3.93. The molecule has 1 fully saturated rings. The molecule has 0 amide bonds. The minimum absolute atomic E-state index is 0.147. The summed E-state index contributed by atoms with van der Waals surface area (Å²) < 4.78 is 0. The van der Waals surface area contributed by atoms with Gasteiger partial charge in [-0.15, -0.1) is 0 Å². The monoisotopic (exact) mass is 267 g/mol. The fraction of sp³-hybridized carbons (Fsp3) is 0.571. The zero-order valence-electron chi connectivity index (χ0n) is 11.4. The van der Waals surface area contributed by atoms with Crippen molar-refractivity contribution in [2.45, 2.75) is 25.4 Å². The van der Waals surface area contributed by atoms with Crippen molar-refractivity contribution in [3.05, 3.63) is 29.3 Å². The molecule has 0 aliphatic carbocycles. The quantitative estimate of drug-likeness (QED) is 0.892. The molecule has 1 aliphatic rings. The van der Waals surface area contributed by atoms with Gasteiger partial charge in [-0.3, -0.25) is 4.90 Å². The van der Waals surface area contributed by atoms with Crippen LogP contribution in [0.4, 0.5) is 5.69 Å². The SMILES string of the molecule is CN1CC(CN)N(c2cccc(Cl)c2)CC1(C)C. The van der Waals surface area contributed by atoms with E-state index in [-0.39, 0.29) is 5.54 Å². The molecule has 1 aliphatic heterocycles. The molecule has 2 rings (SSSR count). The van der Waals surface area contributed by atoms with E-state index in [1.807, 2.05) is 18.2 Å². The summed E-state index contributed by atoms with van der Waals surface area (Å²) in [7, 11) is 2.16. The van der Waals surface area contributed by atoms with Crippen molar-refractivity contribution in [3.8, 4) is 0 Å². The maximum atomic E-state index is 6.09. The summed E-state index contributed by atoms with van der Waals surface area (Å²) in [5, 5.41) is 0.778. The molecule has 1 atom stereocenters. The predicted octanol–water partition coefficient (Wildman–Crippen LogP) is 2.20. The lowest BCUT2D eigenvalue weighted by molar-refractivity contribution is 0.116. The number of halogens is 1. The van der Waals surface area contributed by atoms with Crippen LogP contribution in [0.3, 0.4) is 0 Å². The first-order valence-electron chi connectivity index (χ1n) is 6.37. The molecule has 0 bridgehead atoms. The summed E-state index contributed by atoms with van der Waals surface area (Å²) in [6.45, 7) is 7.13. The van der Waals surface area contributed by atoms with E-state index in [0.717, 1.165) is 18.1 Å². The summed E-state index contributed by atoms with van der Waals surface area (Å²) in [5.41, 5.74) is 7.23. The van der Waals surface area contributed by atoms with Gasteiger partial charge in [-0.25, -0.2) is 0 Å². The molecule has 0 aromatic heterocycles. The third-order valence-corrected chi connectivity index (χ3v) is 4.16. The molecule has 1 aromatic rings. The van der Waals surface area contributed by atoms with E-state index in [9.17, 15) is 0 Å². The van der Waals surface area contributed by atoms with Crippen LogP contribution in [0.1, 0.15) is 13.8 Å². The molecule has 2 N–H and O–H groups in total. The van der Waals surface area contributed by atoms with Crippen LogP contribution < -0.4 is 10.6 Å². The van der Waals surface area contributed by atoms with Crippen LogP contribution in [0.25, 0.3) is 0 Å². The Bertz CT molecular complexity index is 419. The van der Waals surface area contributed by atoms with Crippen LogP contribution in [-0.2, 0) is 0 Å². The van der Waals surface area contributed by atoms with Crippen LogP contribution in [0.2, 0.25) is 5.02 Å². The molecule has 3 nitrogen and oxygen atoms in total. The molecule has 1 aromatic carbocycles. The van der Waals surface area contributed by atoms with Gasteiger partial charge in [0.25, 0.3) is 0 Å². The van der Waals surface area contributed by atoms with Crippen LogP contribution in [0.5, 0.6) is 0 Å². The van der Waals surface area contributed by atoms with Gasteiger partial charge < -0.3 is 10.6 Å². The van der Waals surface area contributed by atoms with Crippen LogP contribution in [-0.4, -0.2) is 43.2 Å². The van der Waals surface area contributed by atoms with Crippen molar-refractivity contribution in [2.24, 2.45) is 5.73 Å². The first-order chi connectivity index (χ1) is 8.44. The highest BCUT2D eigenvalue weighted by molar-refractivity contribution is 6.30. The van der Waals surface area contributed by atoms with E-state index >= 15 is 0 Å². The van der Waals surface area contributed by atoms with Gasteiger partial charge in [0.15, 0.2) is 0 Å². The lowest BCUT2D eigenvalue weighted by atomic mass is 9.95. The van der Waals surface area contributed by atoms with E-state index in [4.69, 9.17) is 17.3 Å². The van der Waals surface area contributed by atoms with Gasteiger partial charge in [0.1, 0.15) is 0 Å². The first-order valence-corrected chi connectivity index (χ1v) is 6.75. The standard InChI is InChI=1S/C14H22ClN3/c1-14(2)10-18(13(8-16)9-17(14)3)12-6-4-5-11(15)7-12/h4-7,13H,8-10,16H2,1-3H3. The lowest BCUT2D eigenvalue weighted by Crippen LogP contribution is -2.64. The molecular weight excluding hydrogens is 246 g/mol. The Kier molecular flexibility index (Phi) is 3.85. The molecule has 0 spiro atoms. The van der Waals surface area contributed by atoms with Gasteiger partial charge in [0, 0.05) is 35.9 Å². The number of nitrogens with two attached hydrogens (primary N) is 1. The summed E-state index contributed by atoms with van der Waals surface area (Å²) in [4.78, 5) is 4.76. The Labute approximate surface area is 115 Å². The van der Waals surface area contributed by atoms with Crippen LogP contribution in [0, 0.1) is 0 Å². The molecule has 1 heterocycles. The van der Waals surface area contributed by atoms with E-state index < -0.39 is 0 Å². The number of nitrogens with zero attached hydrogens (tertiary/aromatic N) is 2. The van der Waals surface area contributed by atoms with Crippen LogP contribution >= 0.6 is 11.6 Å². The number of anilines is 1. The predicted molar refractivity (Wildman–Crippen MR) is 78.3 cm³/mol. The number of benzene rings is 1. The molecule has 4 heteroatoms. The minimum atomic E-state index is 0.147. The van der Waals surface area contributed by atoms with Crippen molar-refractivity contribution >= 4 is 17.3 Å². The number of hydrogen-bond acceptors (Lipinski definition) is 3. The van der Waals surface area contributed by atoms with Crippen molar-refractivity contribution in [2.75, 3.05) is 31.6 Å². The van der Waals surface area contributed by atoms with Gasteiger partial charge in [-0.2, -0.15) is 0 Å². The second kappa shape index (κ2) is 5.08. The normalized spacial score (nSPS) is 24.3. The fourth-order valence-electron chi connectivity index (χ4n) is 2.49. The van der Waals surface area contributed by atoms with E-state index in [2.05, 4.69) is 36.8 Å². The van der Waals surface area contributed by atoms with Crippen molar-refractivity contribution in [3.63, 3.8) is 0 Å². The summed E-state index contributed by atoms with van der Waals surface area (Å²) in [6.07, 6.45) is 0. The van der Waals surface area contributed by atoms with Crippen molar-refractivity contribution in [1.82, 2.24) is 4.90 Å². The highest BCUT2D eigenvalue weighted by Gasteiger charge is 2.36. The first kappa shape index (κ1) is 13.7. The van der Waals surface area contributed by atoms with E-state index in [1.54, 1.807) is 0 Å². The number of hydrogen-bond donors (Lipinski definition) is 1. The zero-order chi connectivity index (χ0) is 13.3. The van der Waals surface area contributed by atoms with Crippen molar-refractivity contribution < 1.29 is 0 Å². The molecule has 0 saturated carbocycles. The maximum absolute atomic E-state index is 6.09. The highest BCUT2D eigenvalue weighted by atomic mass is 35.5. The average Bonchev–Trinajstić information content (AvgIpc) is 2.32. The summed E-state index contributed by atoms with van der Waals surface area (Å²) >= 11 is 6.09. The Morgan fingerprint density at radius 1 is 1.44 bits per heavy atom. The molecule has 1 unspecified atom stereocenters. The Hall–Kier alpha value is -0.770. The molecule has 100 valence electrons. The maximum Gasteiger partial charge on any atom is 0.0540 e. The van der Waals surface area contributed by atoms with E-state index in [0.29, 0.717) is 12.6 Å². The van der Waals surface area contributed by atoms with Gasteiger partial charge in [-0.1, -0.05) is 17.7 Å². The molecular formula is C14H22ClN3. The topological polar surface area (TPSA) is 32.5 Å². The number of piperazine rings is 1. The summed E-state index contributed by atoms with van der Waals surface area (Å²) in [6, 6.07) is 8.38. The zero-order valence-corrected chi connectivity index (χ0v) is 12.1. The number of rotatable bonds is 2. The fourth-order valence-corrected chi connectivity index (χ4v) is 2.67. The molecule has 0 radical (unpaired) electrons. The van der Waals surface area contributed by atoms with Gasteiger partial charge in [0.05, 0.1) is 6.04 Å². The van der Waals surface area contributed by atoms with E-state index in [1.165, 1.54) is 5.69 Å². The van der Waals surface area contributed by atoms with Gasteiger partial charge in [0.2, 0.25) is 0 Å². The third kappa shape index (κ3) is 2.63. The Balaban J connectivity index is 2.29. The van der Waals surface area contributed by atoms with Gasteiger partial charge in [-0.05, 0) is 39.1 Å². The second-order valence-corrected chi connectivity index (χ2v) is 6.13. The average molecular weight is 268 g/mol. The Morgan fingerprint density at radius 3 is 2.78 bits per heavy atom. The van der Waals surface area contributed by atoms with Crippen LogP contribution in [0.15, 0.2) is 24.3 Å². The second-order valence-electron chi connectivity index (χ2n) is 5.69. The van der Waals surface area contributed by atoms with Gasteiger partial charge >= 0.3 is 0 Å². The largest absolute Gasteiger partial charge is 0.364 e. The summed E-state index contributed by atoms with van der Waals surface area (Å²) in [5.74, 6) is 0. The van der Waals surface area contributed by atoms with Crippen molar-refractivity contribution in [1.29, 1.82) is 0 Å². The molecule has 18 heavy (non-hydrogen) atoms. The smallest absolute Gasteiger partial charge is 0.0540 e. The Morgan fingerprint density at radius 2 is 2.17 bits per heavy atom. The lowest BCUT2D eigenvalue weighted by Gasteiger charge is -2.50.